The summed E-state index contributed by atoms with van der Waals surface area (Å²) in [7, 11) is 0. The maximum atomic E-state index is 8.92. The summed E-state index contributed by atoms with van der Waals surface area (Å²) in [5, 5.41) is 8.92. The molecule has 1 aromatic heterocycles. The van der Waals surface area contributed by atoms with Crippen molar-refractivity contribution in [2.45, 2.75) is 12.3 Å². The van der Waals surface area contributed by atoms with Crippen LogP contribution in [0.15, 0.2) is 42.5 Å². The minimum absolute atomic E-state index is 0.370. The van der Waals surface area contributed by atoms with E-state index < -0.39 is 0 Å². The minimum Gasteiger partial charge on any atom is -0.341 e. The fourth-order valence-corrected chi connectivity index (χ4v) is 2.77. The van der Waals surface area contributed by atoms with E-state index in [4.69, 9.17) is 5.26 Å². The molecule has 0 fully saturated rings. The Morgan fingerprint density at radius 3 is 2.95 bits per heavy atom. The van der Waals surface area contributed by atoms with Crippen molar-refractivity contribution in [1.82, 2.24) is 9.97 Å². The van der Waals surface area contributed by atoms with E-state index in [0.29, 0.717) is 11.5 Å². The second kappa shape index (κ2) is 3.69. The highest BCUT2D eigenvalue weighted by molar-refractivity contribution is 5.77. The molecule has 1 unspecified atom stereocenters. The van der Waals surface area contributed by atoms with Crippen molar-refractivity contribution in [2.75, 3.05) is 0 Å². The van der Waals surface area contributed by atoms with Crippen LogP contribution in [-0.4, -0.2) is 9.97 Å². The molecule has 0 radical (unpaired) electrons. The first-order chi connectivity index (χ1) is 9.35. The number of aromatic amines is 1. The zero-order valence-corrected chi connectivity index (χ0v) is 10.2. The second-order valence-electron chi connectivity index (χ2n) is 4.92. The van der Waals surface area contributed by atoms with E-state index in [-0.39, 0.29) is 0 Å². The largest absolute Gasteiger partial charge is 0.341 e. The first-order valence-corrected chi connectivity index (χ1v) is 6.33. The SMILES string of the molecule is N#Cc1ccc2nc(C3Cc4ccccc43)[nH]c2c1. The highest BCUT2D eigenvalue weighted by Crippen LogP contribution is 2.39. The van der Waals surface area contributed by atoms with Gasteiger partial charge in [-0.2, -0.15) is 5.26 Å². The van der Waals surface area contributed by atoms with E-state index in [2.05, 4.69) is 40.3 Å². The third kappa shape index (κ3) is 1.47. The molecule has 0 amide bonds. The molecule has 19 heavy (non-hydrogen) atoms. The van der Waals surface area contributed by atoms with Crippen LogP contribution < -0.4 is 0 Å². The number of benzene rings is 2. The molecular weight excluding hydrogens is 234 g/mol. The predicted molar refractivity (Wildman–Crippen MR) is 72.8 cm³/mol. The highest BCUT2D eigenvalue weighted by Gasteiger charge is 2.29. The summed E-state index contributed by atoms with van der Waals surface area (Å²) in [5.74, 6) is 1.37. The fourth-order valence-electron chi connectivity index (χ4n) is 2.77. The normalized spacial score (nSPS) is 16.7. The van der Waals surface area contributed by atoms with Gasteiger partial charge >= 0.3 is 0 Å². The Kier molecular flexibility index (Phi) is 2.01. The molecule has 0 saturated heterocycles. The number of nitrogens with zero attached hydrogens (tertiary/aromatic N) is 2. The predicted octanol–water partition coefficient (Wildman–Crippen LogP) is 3.12. The fraction of sp³-hybridized carbons (Fsp3) is 0.125. The molecule has 1 heterocycles. The van der Waals surface area contributed by atoms with Crippen molar-refractivity contribution in [3.8, 4) is 6.07 Å². The average molecular weight is 245 g/mol. The summed E-state index contributed by atoms with van der Waals surface area (Å²) in [6, 6.07) is 16.2. The molecule has 0 aliphatic heterocycles. The minimum atomic E-state index is 0.370. The molecule has 4 rings (SSSR count). The van der Waals surface area contributed by atoms with Crippen LogP contribution in [-0.2, 0) is 6.42 Å². The average Bonchev–Trinajstić information content (AvgIpc) is 2.82. The Morgan fingerprint density at radius 2 is 2.11 bits per heavy atom. The Bertz CT molecular complexity index is 823. The molecule has 1 atom stereocenters. The van der Waals surface area contributed by atoms with E-state index in [1.807, 2.05) is 18.2 Å². The van der Waals surface area contributed by atoms with Crippen molar-refractivity contribution >= 4 is 11.0 Å². The maximum absolute atomic E-state index is 8.92. The lowest BCUT2D eigenvalue weighted by molar-refractivity contribution is 0.671. The summed E-state index contributed by atoms with van der Waals surface area (Å²) >= 11 is 0. The molecule has 1 N–H and O–H groups in total. The lowest BCUT2D eigenvalue weighted by Crippen LogP contribution is -2.18. The Labute approximate surface area is 110 Å². The number of nitriles is 1. The van der Waals surface area contributed by atoms with E-state index >= 15 is 0 Å². The van der Waals surface area contributed by atoms with Crippen LogP contribution in [0.25, 0.3) is 11.0 Å². The van der Waals surface area contributed by atoms with Gasteiger partial charge in [0.25, 0.3) is 0 Å². The van der Waals surface area contributed by atoms with Gasteiger partial charge in [-0.1, -0.05) is 24.3 Å². The molecule has 0 bridgehead atoms. The van der Waals surface area contributed by atoms with Gasteiger partial charge in [-0.25, -0.2) is 4.98 Å². The molecular formula is C16H11N3. The molecule has 2 aromatic carbocycles. The Morgan fingerprint density at radius 1 is 1.21 bits per heavy atom. The van der Waals surface area contributed by atoms with Crippen LogP contribution in [0, 0.1) is 11.3 Å². The third-order valence-corrected chi connectivity index (χ3v) is 3.81. The first-order valence-electron chi connectivity index (χ1n) is 6.33. The number of H-pyrrole nitrogens is 1. The molecule has 1 aliphatic rings. The maximum Gasteiger partial charge on any atom is 0.115 e. The summed E-state index contributed by atoms with van der Waals surface area (Å²) in [5.41, 5.74) is 5.31. The van der Waals surface area contributed by atoms with Gasteiger partial charge < -0.3 is 4.98 Å². The van der Waals surface area contributed by atoms with Crippen LogP contribution in [0.2, 0.25) is 0 Å². The number of nitrogens with one attached hydrogen (secondary N) is 1. The van der Waals surface area contributed by atoms with Gasteiger partial charge in [-0.05, 0) is 35.7 Å². The van der Waals surface area contributed by atoms with Gasteiger partial charge in [0.05, 0.1) is 22.7 Å². The van der Waals surface area contributed by atoms with E-state index in [9.17, 15) is 0 Å². The molecule has 0 spiro atoms. The van der Waals surface area contributed by atoms with Gasteiger partial charge in [0.2, 0.25) is 0 Å². The van der Waals surface area contributed by atoms with Crippen molar-refractivity contribution in [3.05, 3.63) is 65.0 Å². The monoisotopic (exact) mass is 245 g/mol. The van der Waals surface area contributed by atoms with Crippen LogP contribution in [0.3, 0.4) is 0 Å². The number of imidazole rings is 1. The zero-order valence-electron chi connectivity index (χ0n) is 10.2. The summed E-state index contributed by atoms with van der Waals surface area (Å²) < 4.78 is 0. The Balaban J connectivity index is 1.80. The number of rotatable bonds is 1. The van der Waals surface area contributed by atoms with E-state index in [1.54, 1.807) is 0 Å². The first kappa shape index (κ1) is 10.3. The molecule has 3 aromatic rings. The van der Waals surface area contributed by atoms with E-state index in [0.717, 1.165) is 23.3 Å². The molecule has 1 aliphatic carbocycles. The standard InChI is InChI=1S/C16H11N3/c17-9-10-5-6-14-15(7-10)19-16(18-14)13-8-11-3-1-2-4-12(11)13/h1-7,13H,8H2,(H,18,19). The molecule has 0 saturated carbocycles. The van der Waals surface area contributed by atoms with Crippen molar-refractivity contribution in [3.63, 3.8) is 0 Å². The van der Waals surface area contributed by atoms with Gasteiger partial charge in [0, 0.05) is 5.92 Å². The highest BCUT2D eigenvalue weighted by atomic mass is 14.9. The number of hydrogen-bond donors (Lipinski definition) is 1. The van der Waals surface area contributed by atoms with Crippen LogP contribution >= 0.6 is 0 Å². The van der Waals surface area contributed by atoms with Crippen LogP contribution in [0.1, 0.15) is 28.4 Å². The topological polar surface area (TPSA) is 52.5 Å². The van der Waals surface area contributed by atoms with Crippen molar-refractivity contribution in [2.24, 2.45) is 0 Å². The smallest absolute Gasteiger partial charge is 0.115 e. The van der Waals surface area contributed by atoms with Crippen LogP contribution in [0.5, 0.6) is 0 Å². The van der Waals surface area contributed by atoms with Gasteiger partial charge in [-0.3, -0.25) is 0 Å². The molecule has 3 heteroatoms. The van der Waals surface area contributed by atoms with Gasteiger partial charge in [-0.15, -0.1) is 0 Å². The number of fused-ring (bicyclic) bond motifs is 2. The quantitative estimate of drug-likeness (QED) is 0.716. The summed E-state index contributed by atoms with van der Waals surface area (Å²) in [6.45, 7) is 0. The van der Waals surface area contributed by atoms with E-state index in [1.165, 1.54) is 11.1 Å². The lowest BCUT2D eigenvalue weighted by Gasteiger charge is -2.28. The van der Waals surface area contributed by atoms with Gasteiger partial charge in [0.1, 0.15) is 5.82 Å². The summed E-state index contributed by atoms with van der Waals surface area (Å²) in [6.07, 6.45) is 1.04. The lowest BCUT2D eigenvalue weighted by atomic mass is 9.77. The van der Waals surface area contributed by atoms with Gasteiger partial charge in [0.15, 0.2) is 0 Å². The second-order valence-corrected chi connectivity index (χ2v) is 4.92. The van der Waals surface area contributed by atoms with Crippen molar-refractivity contribution < 1.29 is 0 Å². The molecule has 90 valence electrons. The Hall–Kier alpha value is -2.60. The number of aromatic nitrogens is 2. The third-order valence-electron chi connectivity index (χ3n) is 3.81. The number of hydrogen-bond acceptors (Lipinski definition) is 2. The molecule has 3 nitrogen and oxygen atoms in total. The van der Waals surface area contributed by atoms with Crippen LogP contribution in [0.4, 0.5) is 0 Å². The zero-order chi connectivity index (χ0) is 12.8. The van der Waals surface area contributed by atoms with Crippen molar-refractivity contribution in [1.29, 1.82) is 5.26 Å². The summed E-state index contributed by atoms with van der Waals surface area (Å²) in [4.78, 5) is 7.99.